The zero-order valence-corrected chi connectivity index (χ0v) is 12.4. The smallest absolute Gasteiger partial charge is 0.201 e. The molecule has 0 saturated carbocycles. The van der Waals surface area contributed by atoms with E-state index in [1.165, 1.54) is 0 Å². The van der Waals surface area contributed by atoms with Gasteiger partial charge in [0.2, 0.25) is 5.95 Å². The molecular weight excluding hydrogens is 293 g/mol. The quantitative estimate of drug-likeness (QED) is 0.755. The molecule has 102 valence electrons. The van der Waals surface area contributed by atoms with E-state index in [9.17, 15) is 0 Å². The molecule has 2 aromatic carbocycles. The molecule has 0 amide bonds. The molecule has 0 aliphatic rings. The van der Waals surface area contributed by atoms with E-state index in [2.05, 4.69) is 4.98 Å². The van der Waals surface area contributed by atoms with Crippen LogP contribution in [0.5, 0.6) is 0 Å². The Labute approximate surface area is 126 Å². The monoisotopic (exact) mass is 305 g/mol. The third-order valence-corrected chi connectivity index (χ3v) is 3.95. The molecule has 0 saturated heterocycles. The lowest BCUT2D eigenvalue weighted by atomic mass is 10.1. The lowest BCUT2D eigenvalue weighted by Crippen LogP contribution is -2.10. The zero-order chi connectivity index (χ0) is 14.3. The fourth-order valence-electron chi connectivity index (χ4n) is 2.43. The molecule has 0 bridgehead atoms. The number of benzene rings is 2. The van der Waals surface area contributed by atoms with Gasteiger partial charge in [-0.15, -0.1) is 0 Å². The van der Waals surface area contributed by atoms with E-state index in [1.807, 2.05) is 54.0 Å². The molecule has 3 aromatic rings. The summed E-state index contributed by atoms with van der Waals surface area (Å²) in [5, 5.41) is 1.34. The lowest BCUT2D eigenvalue weighted by molar-refractivity contribution is 0.668. The predicted molar refractivity (Wildman–Crippen MR) is 84.4 cm³/mol. The first-order chi connectivity index (χ1) is 9.58. The molecule has 2 N–H and O–H groups in total. The molecule has 20 heavy (non-hydrogen) atoms. The summed E-state index contributed by atoms with van der Waals surface area (Å²) in [4.78, 5) is 4.37. The van der Waals surface area contributed by atoms with Crippen LogP contribution in [-0.2, 0) is 0 Å². The normalized spacial score (nSPS) is 12.8. The second-order valence-corrected chi connectivity index (χ2v) is 5.52. The van der Waals surface area contributed by atoms with E-state index in [1.54, 1.807) is 0 Å². The first-order valence-electron chi connectivity index (χ1n) is 6.25. The second-order valence-electron chi connectivity index (χ2n) is 4.68. The van der Waals surface area contributed by atoms with Crippen molar-refractivity contribution in [3.05, 3.63) is 58.1 Å². The summed E-state index contributed by atoms with van der Waals surface area (Å²) in [5.41, 5.74) is 8.76. The lowest BCUT2D eigenvalue weighted by Gasteiger charge is -2.17. The van der Waals surface area contributed by atoms with Crippen LogP contribution in [0, 0.1) is 0 Å². The molecule has 3 nitrogen and oxygen atoms in total. The summed E-state index contributed by atoms with van der Waals surface area (Å²) in [7, 11) is 0. The maximum atomic E-state index is 6.30. The van der Waals surface area contributed by atoms with E-state index in [0.717, 1.165) is 16.6 Å². The number of hydrogen-bond donors (Lipinski definition) is 1. The Hall–Kier alpha value is -1.71. The van der Waals surface area contributed by atoms with Gasteiger partial charge in [0.15, 0.2) is 0 Å². The van der Waals surface area contributed by atoms with Crippen molar-refractivity contribution in [2.75, 3.05) is 5.73 Å². The number of para-hydroxylation sites is 1. The number of nitrogens with zero attached hydrogens (tertiary/aromatic N) is 2. The summed E-state index contributed by atoms with van der Waals surface area (Å²) >= 11 is 12.4. The maximum Gasteiger partial charge on any atom is 0.201 e. The number of nitrogen functional groups attached to an aromatic ring is 1. The molecule has 0 radical (unpaired) electrons. The van der Waals surface area contributed by atoms with Crippen LogP contribution in [0.4, 0.5) is 5.95 Å². The summed E-state index contributed by atoms with van der Waals surface area (Å²) in [6.07, 6.45) is 0. The number of nitrogens with two attached hydrogens (primary N) is 1. The fourth-order valence-corrected chi connectivity index (χ4v) is 2.89. The van der Waals surface area contributed by atoms with Crippen molar-refractivity contribution in [1.29, 1.82) is 0 Å². The number of anilines is 1. The van der Waals surface area contributed by atoms with E-state index in [4.69, 9.17) is 28.9 Å². The van der Waals surface area contributed by atoms with Gasteiger partial charge in [-0.25, -0.2) is 4.98 Å². The van der Waals surface area contributed by atoms with E-state index >= 15 is 0 Å². The van der Waals surface area contributed by atoms with Crippen molar-refractivity contribution in [3.63, 3.8) is 0 Å². The van der Waals surface area contributed by atoms with Crippen molar-refractivity contribution in [3.8, 4) is 0 Å². The number of halogens is 2. The Kier molecular flexibility index (Phi) is 3.32. The topological polar surface area (TPSA) is 43.8 Å². The van der Waals surface area contributed by atoms with Crippen LogP contribution >= 0.6 is 23.2 Å². The van der Waals surface area contributed by atoms with Crippen molar-refractivity contribution in [2.24, 2.45) is 0 Å². The molecule has 0 spiro atoms. The minimum atomic E-state index is -0.00130. The Morgan fingerprint density at radius 2 is 1.90 bits per heavy atom. The first kappa shape index (κ1) is 13.3. The van der Waals surface area contributed by atoms with Crippen LogP contribution in [0.1, 0.15) is 18.5 Å². The molecule has 0 aliphatic heterocycles. The number of hydrogen-bond acceptors (Lipinski definition) is 2. The Bertz CT molecular complexity index is 780. The van der Waals surface area contributed by atoms with Crippen LogP contribution in [0.3, 0.4) is 0 Å². The Morgan fingerprint density at radius 1 is 1.15 bits per heavy atom. The van der Waals surface area contributed by atoms with Crippen molar-refractivity contribution >= 4 is 40.2 Å². The highest BCUT2D eigenvalue weighted by atomic mass is 35.5. The van der Waals surface area contributed by atoms with E-state index < -0.39 is 0 Å². The summed E-state index contributed by atoms with van der Waals surface area (Å²) in [6, 6.07) is 13.3. The van der Waals surface area contributed by atoms with Crippen LogP contribution in [0.25, 0.3) is 11.0 Å². The number of imidazole rings is 1. The van der Waals surface area contributed by atoms with E-state index in [0.29, 0.717) is 16.0 Å². The third kappa shape index (κ3) is 2.13. The van der Waals surface area contributed by atoms with Gasteiger partial charge in [-0.1, -0.05) is 41.4 Å². The average molecular weight is 306 g/mol. The van der Waals surface area contributed by atoms with Gasteiger partial charge in [0.05, 0.1) is 22.1 Å². The number of fused-ring (bicyclic) bond motifs is 1. The minimum Gasteiger partial charge on any atom is -0.369 e. The van der Waals surface area contributed by atoms with Crippen LogP contribution < -0.4 is 5.73 Å². The molecule has 1 aromatic heterocycles. The Balaban J connectivity index is 2.21. The zero-order valence-electron chi connectivity index (χ0n) is 10.8. The molecule has 5 heteroatoms. The molecule has 1 atom stereocenters. The van der Waals surface area contributed by atoms with Crippen molar-refractivity contribution < 1.29 is 0 Å². The fraction of sp³-hybridized carbons (Fsp3) is 0.133. The van der Waals surface area contributed by atoms with Crippen molar-refractivity contribution in [1.82, 2.24) is 9.55 Å². The molecule has 1 unspecified atom stereocenters. The van der Waals surface area contributed by atoms with Gasteiger partial charge >= 0.3 is 0 Å². The van der Waals surface area contributed by atoms with Gasteiger partial charge in [0.25, 0.3) is 0 Å². The largest absolute Gasteiger partial charge is 0.369 e. The first-order valence-corrected chi connectivity index (χ1v) is 7.01. The third-order valence-electron chi connectivity index (χ3n) is 3.41. The van der Waals surface area contributed by atoms with Gasteiger partial charge in [0, 0.05) is 5.02 Å². The maximum absolute atomic E-state index is 6.30. The minimum absolute atomic E-state index is 0.00130. The van der Waals surface area contributed by atoms with Crippen LogP contribution in [0.2, 0.25) is 10.0 Å². The SMILES string of the molecule is CC(c1cccc(Cl)c1)n1c(N)nc2cccc(Cl)c21. The van der Waals surface area contributed by atoms with Gasteiger partial charge in [0.1, 0.15) is 0 Å². The van der Waals surface area contributed by atoms with Gasteiger partial charge in [-0.2, -0.15) is 0 Å². The highest BCUT2D eigenvalue weighted by Crippen LogP contribution is 2.32. The molecule has 0 aliphatic carbocycles. The summed E-state index contributed by atoms with van der Waals surface area (Å²) in [6.45, 7) is 2.05. The highest BCUT2D eigenvalue weighted by Gasteiger charge is 2.17. The second kappa shape index (κ2) is 5.00. The van der Waals surface area contributed by atoms with Gasteiger partial charge < -0.3 is 10.3 Å². The summed E-state index contributed by atoms with van der Waals surface area (Å²) < 4.78 is 1.93. The molecule has 3 rings (SSSR count). The Morgan fingerprint density at radius 3 is 2.65 bits per heavy atom. The number of rotatable bonds is 2. The molecular formula is C15H13Cl2N3. The molecule has 1 heterocycles. The van der Waals surface area contributed by atoms with Crippen molar-refractivity contribution in [2.45, 2.75) is 13.0 Å². The standard InChI is InChI=1S/C15H13Cl2N3/c1-9(10-4-2-5-11(16)8-10)20-14-12(17)6-3-7-13(14)19-15(20)18/h2-9H,1H3,(H2,18,19). The van der Waals surface area contributed by atoms with Crippen LogP contribution in [0.15, 0.2) is 42.5 Å². The van der Waals surface area contributed by atoms with E-state index in [-0.39, 0.29) is 6.04 Å². The summed E-state index contributed by atoms with van der Waals surface area (Å²) in [5.74, 6) is 0.445. The van der Waals surface area contributed by atoms with Gasteiger partial charge in [-0.3, -0.25) is 0 Å². The average Bonchev–Trinajstić information content (AvgIpc) is 2.75. The highest BCUT2D eigenvalue weighted by molar-refractivity contribution is 6.35. The van der Waals surface area contributed by atoms with Crippen LogP contribution in [-0.4, -0.2) is 9.55 Å². The van der Waals surface area contributed by atoms with Gasteiger partial charge in [-0.05, 0) is 36.8 Å². The number of aromatic nitrogens is 2. The predicted octanol–water partition coefficient (Wildman–Crippen LogP) is 4.53. The molecule has 0 fully saturated rings.